The van der Waals surface area contributed by atoms with Gasteiger partial charge in [0.1, 0.15) is 5.60 Å². The summed E-state index contributed by atoms with van der Waals surface area (Å²) in [5, 5.41) is 9.25. The molecular weight excluding hydrogens is 196 g/mol. The molecule has 1 saturated heterocycles. The predicted molar refractivity (Wildman–Crippen MR) is 55.8 cm³/mol. The summed E-state index contributed by atoms with van der Waals surface area (Å²) < 4.78 is 10.9. The summed E-state index contributed by atoms with van der Waals surface area (Å²) in [6.07, 6.45) is 2.75. The Morgan fingerprint density at radius 1 is 1.53 bits per heavy atom. The first-order valence-corrected chi connectivity index (χ1v) is 5.32. The van der Waals surface area contributed by atoms with Crippen molar-refractivity contribution in [1.82, 2.24) is 0 Å². The van der Waals surface area contributed by atoms with E-state index in [4.69, 9.17) is 9.47 Å². The smallest absolute Gasteiger partial charge is 0.312 e. The summed E-state index contributed by atoms with van der Waals surface area (Å²) in [6, 6.07) is 0. The van der Waals surface area contributed by atoms with Crippen molar-refractivity contribution in [2.24, 2.45) is 5.41 Å². The van der Waals surface area contributed by atoms with E-state index in [0.29, 0.717) is 13.2 Å². The number of ether oxygens (including phenoxy) is 2. The third kappa shape index (κ3) is 2.16. The molecule has 15 heavy (non-hydrogen) atoms. The minimum atomic E-state index is -0.913. The molecule has 0 aromatic heterocycles. The SMILES string of the molecule is COCC1(C(C)(C)C(=O)O)CCCCO1. The largest absolute Gasteiger partial charge is 0.481 e. The second kappa shape index (κ2) is 4.49. The van der Waals surface area contributed by atoms with Gasteiger partial charge in [-0.15, -0.1) is 0 Å². The Morgan fingerprint density at radius 2 is 2.20 bits per heavy atom. The van der Waals surface area contributed by atoms with Crippen LogP contribution >= 0.6 is 0 Å². The van der Waals surface area contributed by atoms with Crippen molar-refractivity contribution in [1.29, 1.82) is 0 Å². The maximum absolute atomic E-state index is 11.3. The Balaban J connectivity index is 2.93. The predicted octanol–water partition coefficient (Wildman–Crippen LogP) is 1.68. The van der Waals surface area contributed by atoms with Crippen molar-refractivity contribution >= 4 is 5.97 Å². The number of hydrogen-bond donors (Lipinski definition) is 1. The minimum absolute atomic E-state index is 0.340. The van der Waals surface area contributed by atoms with Gasteiger partial charge in [0.25, 0.3) is 0 Å². The summed E-state index contributed by atoms with van der Waals surface area (Å²) in [7, 11) is 1.58. The van der Waals surface area contributed by atoms with Crippen molar-refractivity contribution in [3.8, 4) is 0 Å². The molecule has 1 heterocycles. The fourth-order valence-corrected chi connectivity index (χ4v) is 2.07. The number of hydrogen-bond acceptors (Lipinski definition) is 3. The zero-order valence-electron chi connectivity index (χ0n) is 9.71. The fourth-order valence-electron chi connectivity index (χ4n) is 2.07. The third-order valence-corrected chi connectivity index (χ3v) is 3.40. The number of carbonyl (C=O) groups is 1. The average molecular weight is 216 g/mol. The molecule has 0 aromatic rings. The number of carboxylic acids is 1. The van der Waals surface area contributed by atoms with Crippen LogP contribution in [0.3, 0.4) is 0 Å². The molecule has 0 saturated carbocycles. The molecule has 1 aliphatic rings. The molecule has 1 aliphatic heterocycles. The Bertz CT molecular complexity index is 223. The van der Waals surface area contributed by atoms with Crippen LogP contribution in [0.4, 0.5) is 0 Å². The van der Waals surface area contributed by atoms with Gasteiger partial charge in [0.15, 0.2) is 0 Å². The van der Waals surface area contributed by atoms with E-state index in [-0.39, 0.29) is 0 Å². The van der Waals surface area contributed by atoms with E-state index in [1.807, 2.05) is 0 Å². The number of rotatable bonds is 4. The summed E-state index contributed by atoms with van der Waals surface area (Å²) in [5.41, 5.74) is -1.59. The molecule has 0 aliphatic carbocycles. The lowest BCUT2D eigenvalue weighted by atomic mass is 9.71. The zero-order chi connectivity index (χ0) is 11.5. The zero-order valence-corrected chi connectivity index (χ0v) is 9.71. The van der Waals surface area contributed by atoms with Gasteiger partial charge >= 0.3 is 5.97 Å². The van der Waals surface area contributed by atoms with Crippen LogP contribution in [0.2, 0.25) is 0 Å². The van der Waals surface area contributed by atoms with Crippen molar-refractivity contribution in [3.63, 3.8) is 0 Å². The molecule has 0 radical (unpaired) electrons. The topological polar surface area (TPSA) is 55.8 Å². The fraction of sp³-hybridized carbons (Fsp3) is 0.909. The monoisotopic (exact) mass is 216 g/mol. The van der Waals surface area contributed by atoms with Crippen LogP contribution in [-0.4, -0.2) is 37.0 Å². The van der Waals surface area contributed by atoms with Crippen LogP contribution in [-0.2, 0) is 14.3 Å². The van der Waals surface area contributed by atoms with Crippen LogP contribution in [0.15, 0.2) is 0 Å². The number of methoxy groups -OCH3 is 1. The van der Waals surface area contributed by atoms with Gasteiger partial charge in [0.2, 0.25) is 0 Å². The lowest BCUT2D eigenvalue weighted by molar-refractivity contribution is -0.197. The van der Waals surface area contributed by atoms with Crippen LogP contribution in [0.1, 0.15) is 33.1 Å². The van der Waals surface area contributed by atoms with Gasteiger partial charge in [-0.05, 0) is 33.1 Å². The highest BCUT2D eigenvalue weighted by atomic mass is 16.5. The van der Waals surface area contributed by atoms with Gasteiger partial charge < -0.3 is 14.6 Å². The second-order valence-corrected chi connectivity index (χ2v) is 4.66. The lowest BCUT2D eigenvalue weighted by Gasteiger charge is -2.45. The van der Waals surface area contributed by atoms with Crippen LogP contribution in [0.25, 0.3) is 0 Å². The Labute approximate surface area is 90.6 Å². The highest BCUT2D eigenvalue weighted by molar-refractivity contribution is 5.75. The molecule has 1 unspecified atom stereocenters. The van der Waals surface area contributed by atoms with Gasteiger partial charge in [-0.1, -0.05) is 0 Å². The molecular formula is C11H20O4. The van der Waals surface area contributed by atoms with E-state index in [1.165, 1.54) is 0 Å². The Hall–Kier alpha value is -0.610. The maximum atomic E-state index is 11.3. The normalized spacial score (nSPS) is 27.7. The van der Waals surface area contributed by atoms with Crippen molar-refractivity contribution < 1.29 is 19.4 Å². The number of aliphatic carboxylic acids is 1. The quantitative estimate of drug-likeness (QED) is 0.776. The van der Waals surface area contributed by atoms with Crippen LogP contribution < -0.4 is 0 Å². The van der Waals surface area contributed by atoms with Gasteiger partial charge in [0.05, 0.1) is 12.0 Å². The maximum Gasteiger partial charge on any atom is 0.312 e. The first kappa shape index (κ1) is 12.5. The van der Waals surface area contributed by atoms with Crippen LogP contribution in [0, 0.1) is 5.41 Å². The minimum Gasteiger partial charge on any atom is -0.481 e. The van der Waals surface area contributed by atoms with Crippen molar-refractivity contribution in [2.75, 3.05) is 20.3 Å². The van der Waals surface area contributed by atoms with Crippen molar-refractivity contribution in [3.05, 3.63) is 0 Å². The second-order valence-electron chi connectivity index (χ2n) is 4.66. The van der Waals surface area contributed by atoms with Crippen LogP contribution in [0.5, 0.6) is 0 Å². The van der Waals surface area contributed by atoms with Gasteiger partial charge in [-0.3, -0.25) is 4.79 Å². The highest BCUT2D eigenvalue weighted by Crippen LogP contribution is 2.41. The average Bonchev–Trinajstić information content (AvgIpc) is 2.19. The van der Waals surface area contributed by atoms with E-state index in [2.05, 4.69) is 0 Å². The standard InChI is InChI=1S/C11H20O4/c1-10(2,9(12)13)11(8-14-3)6-4-5-7-15-11/h4-8H2,1-3H3,(H,12,13). The molecule has 4 heteroatoms. The summed E-state index contributed by atoms with van der Waals surface area (Å²) >= 11 is 0. The third-order valence-electron chi connectivity index (χ3n) is 3.40. The first-order chi connectivity index (χ1) is 6.96. The van der Waals surface area contributed by atoms with E-state index in [9.17, 15) is 9.90 Å². The molecule has 1 rings (SSSR count). The molecule has 88 valence electrons. The molecule has 4 nitrogen and oxygen atoms in total. The molecule has 1 atom stereocenters. The lowest BCUT2D eigenvalue weighted by Crippen LogP contribution is -2.56. The summed E-state index contributed by atoms with van der Waals surface area (Å²) in [6.45, 7) is 4.38. The van der Waals surface area contributed by atoms with Gasteiger partial charge in [-0.25, -0.2) is 0 Å². The Kier molecular flexibility index (Phi) is 3.73. The molecule has 1 fully saturated rings. The summed E-state index contributed by atoms with van der Waals surface area (Å²) in [5.74, 6) is -0.832. The van der Waals surface area contributed by atoms with Gasteiger partial charge in [-0.2, -0.15) is 0 Å². The molecule has 1 N–H and O–H groups in total. The molecule has 0 bridgehead atoms. The molecule has 0 spiro atoms. The van der Waals surface area contributed by atoms with Gasteiger partial charge in [0, 0.05) is 13.7 Å². The van der Waals surface area contributed by atoms with E-state index >= 15 is 0 Å². The Morgan fingerprint density at radius 3 is 2.60 bits per heavy atom. The summed E-state index contributed by atoms with van der Waals surface area (Å²) in [4.78, 5) is 11.3. The highest BCUT2D eigenvalue weighted by Gasteiger charge is 2.52. The van der Waals surface area contributed by atoms with E-state index in [1.54, 1.807) is 21.0 Å². The number of carboxylic acid groups (broad SMARTS) is 1. The van der Waals surface area contributed by atoms with E-state index in [0.717, 1.165) is 19.3 Å². The van der Waals surface area contributed by atoms with E-state index < -0.39 is 17.0 Å². The first-order valence-electron chi connectivity index (χ1n) is 5.32. The molecule has 0 amide bonds. The van der Waals surface area contributed by atoms with Crippen molar-refractivity contribution in [2.45, 2.75) is 38.7 Å². The molecule has 0 aromatic carbocycles.